The van der Waals surface area contributed by atoms with E-state index in [1.54, 1.807) is 12.1 Å². The highest BCUT2D eigenvalue weighted by atomic mass is 35.5. The van der Waals surface area contributed by atoms with E-state index < -0.39 is 0 Å². The van der Waals surface area contributed by atoms with Crippen molar-refractivity contribution in [3.05, 3.63) is 70.5 Å². The van der Waals surface area contributed by atoms with Gasteiger partial charge in [0, 0.05) is 30.7 Å². The van der Waals surface area contributed by atoms with Crippen LogP contribution in [0.5, 0.6) is 0 Å². The highest BCUT2D eigenvalue weighted by molar-refractivity contribution is 6.30. The van der Waals surface area contributed by atoms with Crippen LogP contribution in [-0.2, 0) is 6.54 Å². The summed E-state index contributed by atoms with van der Waals surface area (Å²) in [7, 11) is 0. The summed E-state index contributed by atoms with van der Waals surface area (Å²) in [6.07, 6.45) is 0.973. The molecule has 3 rings (SSSR count). The van der Waals surface area contributed by atoms with Crippen molar-refractivity contribution in [2.45, 2.75) is 24.9 Å². The van der Waals surface area contributed by atoms with Gasteiger partial charge in [-0.3, -0.25) is 4.90 Å². The van der Waals surface area contributed by atoms with Gasteiger partial charge in [0.1, 0.15) is 5.82 Å². The van der Waals surface area contributed by atoms with Crippen molar-refractivity contribution in [3.63, 3.8) is 0 Å². The first kappa shape index (κ1) is 15.5. The number of nitrogens with zero attached hydrogens (tertiary/aromatic N) is 1. The van der Waals surface area contributed by atoms with Gasteiger partial charge in [-0.05, 0) is 47.7 Å². The minimum absolute atomic E-state index is 0.142. The van der Waals surface area contributed by atoms with E-state index in [-0.39, 0.29) is 11.9 Å². The average molecular weight is 319 g/mol. The lowest BCUT2D eigenvalue weighted by molar-refractivity contribution is 0.181. The van der Waals surface area contributed by atoms with Crippen LogP contribution < -0.4 is 5.73 Å². The summed E-state index contributed by atoms with van der Waals surface area (Å²) in [6, 6.07) is 14.9. The van der Waals surface area contributed by atoms with E-state index in [2.05, 4.69) is 17.0 Å². The molecular weight excluding hydrogens is 299 g/mol. The minimum Gasteiger partial charge on any atom is -0.327 e. The number of rotatable bonds is 3. The third-order valence-electron chi connectivity index (χ3n) is 4.20. The number of benzene rings is 2. The van der Waals surface area contributed by atoms with E-state index >= 15 is 0 Å². The Hall–Kier alpha value is -1.42. The Labute approximate surface area is 135 Å². The molecule has 1 aliphatic heterocycles. The fourth-order valence-electron chi connectivity index (χ4n) is 3.23. The van der Waals surface area contributed by atoms with Crippen LogP contribution >= 0.6 is 11.6 Å². The lowest BCUT2D eigenvalue weighted by atomic mass is 9.88. The minimum atomic E-state index is -0.187. The molecule has 2 atom stereocenters. The first-order chi connectivity index (χ1) is 10.6. The average Bonchev–Trinajstić information content (AvgIpc) is 2.47. The molecule has 0 radical (unpaired) electrons. The van der Waals surface area contributed by atoms with Gasteiger partial charge in [-0.15, -0.1) is 0 Å². The maximum absolute atomic E-state index is 13.3. The molecule has 0 bridgehead atoms. The lowest BCUT2D eigenvalue weighted by Gasteiger charge is -2.36. The van der Waals surface area contributed by atoms with Gasteiger partial charge in [-0.2, -0.15) is 0 Å². The monoisotopic (exact) mass is 318 g/mol. The quantitative estimate of drug-likeness (QED) is 0.932. The molecule has 1 saturated heterocycles. The van der Waals surface area contributed by atoms with Crippen LogP contribution in [0.15, 0.2) is 48.5 Å². The van der Waals surface area contributed by atoms with E-state index in [1.807, 2.05) is 18.2 Å². The second-order valence-corrected chi connectivity index (χ2v) is 6.50. The van der Waals surface area contributed by atoms with Crippen LogP contribution in [0.2, 0.25) is 5.02 Å². The van der Waals surface area contributed by atoms with Gasteiger partial charge in [0.15, 0.2) is 0 Å². The molecule has 1 aliphatic rings. The third kappa shape index (κ3) is 3.86. The highest BCUT2D eigenvalue weighted by Crippen LogP contribution is 2.28. The molecule has 0 saturated carbocycles. The molecule has 0 amide bonds. The van der Waals surface area contributed by atoms with Gasteiger partial charge in [0.2, 0.25) is 0 Å². The fraction of sp³-hybridized carbons (Fsp3) is 0.333. The van der Waals surface area contributed by atoms with Crippen LogP contribution in [0.3, 0.4) is 0 Å². The van der Waals surface area contributed by atoms with Crippen LogP contribution in [-0.4, -0.2) is 24.0 Å². The van der Waals surface area contributed by atoms with E-state index in [9.17, 15) is 4.39 Å². The molecule has 0 aliphatic carbocycles. The molecule has 1 fully saturated rings. The number of hydrogen-bond acceptors (Lipinski definition) is 2. The topological polar surface area (TPSA) is 29.3 Å². The molecule has 1 heterocycles. The Kier molecular flexibility index (Phi) is 4.77. The van der Waals surface area contributed by atoms with Crippen LogP contribution in [0.1, 0.15) is 23.5 Å². The number of piperidine rings is 1. The van der Waals surface area contributed by atoms with Gasteiger partial charge in [-0.1, -0.05) is 35.9 Å². The summed E-state index contributed by atoms with van der Waals surface area (Å²) in [5, 5.41) is 0.750. The van der Waals surface area contributed by atoms with Crippen molar-refractivity contribution in [1.29, 1.82) is 0 Å². The van der Waals surface area contributed by atoms with Gasteiger partial charge >= 0.3 is 0 Å². The smallest absolute Gasteiger partial charge is 0.123 e. The zero-order valence-corrected chi connectivity index (χ0v) is 13.1. The SMILES string of the molecule is NC1CC(c2ccc(Cl)cc2)CN(Cc2cccc(F)c2)C1. The van der Waals surface area contributed by atoms with Crippen molar-refractivity contribution in [3.8, 4) is 0 Å². The number of nitrogens with two attached hydrogens (primary N) is 1. The summed E-state index contributed by atoms with van der Waals surface area (Å²) in [4.78, 5) is 2.31. The Bertz CT molecular complexity index is 629. The number of halogens is 2. The Balaban J connectivity index is 1.72. The van der Waals surface area contributed by atoms with Gasteiger partial charge in [-0.25, -0.2) is 4.39 Å². The van der Waals surface area contributed by atoms with Gasteiger partial charge < -0.3 is 5.73 Å². The summed E-state index contributed by atoms with van der Waals surface area (Å²) in [5.74, 6) is 0.211. The summed E-state index contributed by atoms with van der Waals surface area (Å²) in [6.45, 7) is 2.52. The predicted molar refractivity (Wildman–Crippen MR) is 88.5 cm³/mol. The van der Waals surface area contributed by atoms with E-state index in [0.29, 0.717) is 5.92 Å². The largest absolute Gasteiger partial charge is 0.327 e. The molecule has 2 aromatic carbocycles. The van der Waals surface area contributed by atoms with E-state index in [1.165, 1.54) is 11.6 Å². The zero-order chi connectivity index (χ0) is 15.5. The lowest BCUT2D eigenvalue weighted by Crippen LogP contribution is -2.45. The number of hydrogen-bond donors (Lipinski definition) is 1. The summed E-state index contributed by atoms with van der Waals surface area (Å²) < 4.78 is 13.3. The van der Waals surface area contributed by atoms with E-state index in [4.69, 9.17) is 17.3 Å². The van der Waals surface area contributed by atoms with Gasteiger partial charge in [0.25, 0.3) is 0 Å². The second-order valence-electron chi connectivity index (χ2n) is 6.07. The first-order valence-corrected chi connectivity index (χ1v) is 7.96. The normalized spacial score (nSPS) is 22.7. The first-order valence-electron chi connectivity index (χ1n) is 7.58. The molecule has 0 aromatic heterocycles. The molecular formula is C18H20ClFN2. The van der Waals surface area contributed by atoms with Crippen molar-refractivity contribution in [1.82, 2.24) is 4.90 Å². The van der Waals surface area contributed by atoms with Crippen molar-refractivity contribution in [2.24, 2.45) is 5.73 Å². The zero-order valence-electron chi connectivity index (χ0n) is 12.4. The molecule has 2 unspecified atom stereocenters. The molecule has 116 valence electrons. The maximum Gasteiger partial charge on any atom is 0.123 e. The fourth-order valence-corrected chi connectivity index (χ4v) is 3.36. The van der Waals surface area contributed by atoms with Crippen LogP contribution in [0, 0.1) is 5.82 Å². The highest BCUT2D eigenvalue weighted by Gasteiger charge is 2.26. The molecule has 2 aromatic rings. The van der Waals surface area contributed by atoms with Crippen molar-refractivity contribution < 1.29 is 4.39 Å². The molecule has 2 N–H and O–H groups in total. The van der Waals surface area contributed by atoms with Gasteiger partial charge in [0.05, 0.1) is 0 Å². The molecule has 4 heteroatoms. The summed E-state index contributed by atoms with van der Waals surface area (Å²) >= 11 is 5.96. The number of likely N-dealkylation sites (tertiary alicyclic amines) is 1. The van der Waals surface area contributed by atoms with Crippen LogP contribution in [0.25, 0.3) is 0 Å². The third-order valence-corrected chi connectivity index (χ3v) is 4.45. The van der Waals surface area contributed by atoms with E-state index in [0.717, 1.165) is 36.6 Å². The Morgan fingerprint density at radius 3 is 2.64 bits per heavy atom. The Morgan fingerprint density at radius 1 is 1.14 bits per heavy atom. The molecule has 0 spiro atoms. The van der Waals surface area contributed by atoms with Crippen molar-refractivity contribution >= 4 is 11.6 Å². The molecule has 22 heavy (non-hydrogen) atoms. The predicted octanol–water partition coefficient (Wildman–Crippen LogP) is 3.80. The molecule has 2 nitrogen and oxygen atoms in total. The maximum atomic E-state index is 13.3. The van der Waals surface area contributed by atoms with Crippen LogP contribution in [0.4, 0.5) is 4.39 Å². The summed E-state index contributed by atoms with van der Waals surface area (Å²) in [5.41, 5.74) is 8.48. The Morgan fingerprint density at radius 2 is 1.91 bits per heavy atom. The van der Waals surface area contributed by atoms with Crippen molar-refractivity contribution in [2.75, 3.05) is 13.1 Å². The second kappa shape index (κ2) is 6.78. The standard InChI is InChI=1S/C18H20ClFN2/c19-16-6-4-14(5-7-16)15-9-18(21)12-22(11-15)10-13-2-1-3-17(20)8-13/h1-8,15,18H,9-12,21H2.